The molecule has 0 bridgehead atoms. The van der Waals surface area contributed by atoms with Crippen LogP contribution in [0.25, 0.3) is 0 Å². The van der Waals surface area contributed by atoms with Gasteiger partial charge in [-0.05, 0) is 24.2 Å². The van der Waals surface area contributed by atoms with Crippen molar-refractivity contribution in [2.24, 2.45) is 0 Å². The van der Waals surface area contributed by atoms with Crippen LogP contribution in [0.5, 0.6) is 0 Å². The molecule has 82 valence electrons. The number of hydrogen-bond acceptors (Lipinski definition) is 0. The van der Waals surface area contributed by atoms with Crippen LogP contribution in [0.15, 0.2) is 0 Å². The molecule has 0 aromatic rings. The SMILES string of the molecule is Br[Si]1([Si]2(Br)CCCCC2)CCCCC1. The van der Waals surface area contributed by atoms with Crippen LogP contribution >= 0.6 is 30.6 Å². The van der Waals surface area contributed by atoms with Crippen LogP contribution in [-0.4, -0.2) is 12.4 Å². The Balaban J connectivity index is 2.09. The third-order valence-electron chi connectivity index (χ3n) is 4.10. The normalized spacial score (nSPS) is 31.3. The predicted molar refractivity (Wildman–Crippen MR) is 76.3 cm³/mol. The van der Waals surface area contributed by atoms with E-state index < -0.39 is 12.4 Å². The van der Waals surface area contributed by atoms with Crippen LogP contribution in [0.1, 0.15) is 38.5 Å². The molecule has 0 amide bonds. The maximum Gasteiger partial charge on any atom is 0.135 e. The molecule has 0 atom stereocenters. The molecular weight excluding hydrogens is 336 g/mol. The van der Waals surface area contributed by atoms with Crippen LogP contribution in [0, 0.1) is 0 Å². The van der Waals surface area contributed by atoms with E-state index in [0.29, 0.717) is 0 Å². The predicted octanol–water partition coefficient (Wildman–Crippen LogP) is 5.11. The first kappa shape index (κ1) is 11.9. The quantitative estimate of drug-likeness (QED) is 0.452. The van der Waals surface area contributed by atoms with E-state index in [1.165, 1.54) is 38.5 Å². The summed E-state index contributed by atoms with van der Waals surface area (Å²) in [6.45, 7) is 0. The highest BCUT2D eigenvalue weighted by Gasteiger charge is 2.52. The van der Waals surface area contributed by atoms with Gasteiger partial charge in [-0.3, -0.25) is 0 Å². The second kappa shape index (κ2) is 4.72. The van der Waals surface area contributed by atoms with Gasteiger partial charge in [0.15, 0.2) is 0 Å². The summed E-state index contributed by atoms with van der Waals surface area (Å²) in [5, 5.41) is 0. The van der Waals surface area contributed by atoms with Crippen molar-refractivity contribution in [1.29, 1.82) is 0 Å². The van der Waals surface area contributed by atoms with Gasteiger partial charge in [-0.2, -0.15) is 0 Å². The topological polar surface area (TPSA) is 0 Å². The molecule has 0 N–H and O–H groups in total. The fourth-order valence-electron chi connectivity index (χ4n) is 3.12. The minimum absolute atomic E-state index is 0.992. The highest BCUT2D eigenvalue weighted by Crippen LogP contribution is 2.49. The maximum atomic E-state index is 4.27. The van der Waals surface area contributed by atoms with Crippen LogP contribution < -0.4 is 0 Å². The number of halogens is 2. The van der Waals surface area contributed by atoms with Crippen molar-refractivity contribution in [2.75, 3.05) is 0 Å². The molecule has 2 fully saturated rings. The fraction of sp³-hybridized carbons (Fsp3) is 1.00. The highest BCUT2D eigenvalue weighted by atomic mass is 79.9. The summed E-state index contributed by atoms with van der Waals surface area (Å²) in [4.78, 5) is 0. The zero-order chi connectivity index (χ0) is 10.1. The van der Waals surface area contributed by atoms with Crippen LogP contribution in [0.4, 0.5) is 0 Å². The molecule has 0 saturated carbocycles. The van der Waals surface area contributed by atoms with Gasteiger partial charge >= 0.3 is 0 Å². The summed E-state index contributed by atoms with van der Waals surface area (Å²) in [7, 11) is 0. The van der Waals surface area contributed by atoms with Gasteiger partial charge in [0.25, 0.3) is 0 Å². The largest absolute Gasteiger partial charge is 0.135 e. The van der Waals surface area contributed by atoms with E-state index in [-0.39, 0.29) is 0 Å². The van der Waals surface area contributed by atoms with E-state index in [4.69, 9.17) is 0 Å². The second-order valence-electron chi connectivity index (χ2n) is 5.05. The third kappa shape index (κ3) is 2.23. The number of rotatable bonds is 1. The van der Waals surface area contributed by atoms with Gasteiger partial charge in [0.2, 0.25) is 0 Å². The van der Waals surface area contributed by atoms with Crippen molar-refractivity contribution in [3.05, 3.63) is 0 Å². The van der Waals surface area contributed by atoms with Crippen LogP contribution in [0.3, 0.4) is 0 Å². The summed E-state index contributed by atoms with van der Waals surface area (Å²) >= 11 is 8.53. The number of hydrogen-bond donors (Lipinski definition) is 0. The molecule has 2 aliphatic rings. The van der Waals surface area contributed by atoms with Gasteiger partial charge in [0.05, 0.1) is 0 Å². The van der Waals surface area contributed by atoms with Gasteiger partial charge in [-0.1, -0.05) is 38.5 Å². The standard InChI is InChI=1S/C10H20Br2Si2/c11-13(7-3-1-4-8-13)14(12)9-5-2-6-10-14/h1-10H2. The zero-order valence-corrected chi connectivity index (χ0v) is 14.0. The van der Waals surface area contributed by atoms with E-state index in [0.717, 1.165) is 0 Å². The summed E-state index contributed by atoms with van der Waals surface area (Å²) < 4.78 is 0. The molecule has 2 aliphatic heterocycles. The van der Waals surface area contributed by atoms with Gasteiger partial charge in [0.1, 0.15) is 12.4 Å². The summed E-state index contributed by atoms with van der Waals surface area (Å²) in [6, 6.07) is 6.30. The Morgan fingerprint density at radius 2 is 0.786 bits per heavy atom. The zero-order valence-electron chi connectivity index (χ0n) is 8.83. The first-order valence-corrected chi connectivity index (χ1v) is 16.4. The molecule has 0 aliphatic carbocycles. The Bertz CT molecular complexity index is 174. The fourth-order valence-corrected chi connectivity index (χ4v) is 26.7. The van der Waals surface area contributed by atoms with Gasteiger partial charge in [-0.25, -0.2) is 0 Å². The Hall–Kier alpha value is 1.39. The lowest BCUT2D eigenvalue weighted by Gasteiger charge is -2.44. The summed E-state index contributed by atoms with van der Waals surface area (Å²) in [5.41, 5.74) is 0. The molecule has 0 nitrogen and oxygen atoms in total. The molecule has 4 heteroatoms. The Morgan fingerprint density at radius 1 is 0.500 bits per heavy atom. The molecular formula is C10H20Br2Si2. The highest BCUT2D eigenvalue weighted by molar-refractivity contribution is 9.36. The lowest BCUT2D eigenvalue weighted by Crippen LogP contribution is -2.56. The molecule has 0 spiro atoms. The Kier molecular flexibility index (Phi) is 4.00. The van der Waals surface area contributed by atoms with Crippen molar-refractivity contribution in [3.8, 4) is 0 Å². The van der Waals surface area contributed by atoms with E-state index in [9.17, 15) is 0 Å². The summed E-state index contributed by atoms with van der Waals surface area (Å²) in [6.07, 6.45) is 7.06. The van der Waals surface area contributed by atoms with E-state index in [1.807, 2.05) is 0 Å². The van der Waals surface area contributed by atoms with Crippen molar-refractivity contribution in [3.63, 3.8) is 0 Å². The molecule has 2 rings (SSSR count). The lowest BCUT2D eigenvalue weighted by atomic mass is 10.3. The first-order valence-electron chi connectivity index (χ1n) is 6.04. The minimum atomic E-state index is -0.992. The average Bonchev–Trinajstić information content (AvgIpc) is 2.20. The van der Waals surface area contributed by atoms with Gasteiger partial charge in [-0.15, -0.1) is 30.6 Å². The van der Waals surface area contributed by atoms with Crippen molar-refractivity contribution >= 4 is 43.0 Å². The first-order chi connectivity index (χ1) is 6.66. The third-order valence-corrected chi connectivity index (χ3v) is 41.3. The molecule has 2 heterocycles. The van der Waals surface area contributed by atoms with Crippen molar-refractivity contribution < 1.29 is 0 Å². The molecule has 0 radical (unpaired) electrons. The van der Waals surface area contributed by atoms with Gasteiger partial charge in [0, 0.05) is 0 Å². The molecule has 0 unspecified atom stereocenters. The van der Waals surface area contributed by atoms with E-state index in [2.05, 4.69) is 30.6 Å². The second-order valence-corrected chi connectivity index (χ2v) is 30.2. The lowest BCUT2D eigenvalue weighted by molar-refractivity contribution is 0.710. The molecule has 14 heavy (non-hydrogen) atoms. The monoisotopic (exact) mass is 354 g/mol. The molecule has 0 aromatic carbocycles. The van der Waals surface area contributed by atoms with Crippen molar-refractivity contribution in [2.45, 2.75) is 62.7 Å². The average molecular weight is 356 g/mol. The van der Waals surface area contributed by atoms with Crippen LogP contribution in [0.2, 0.25) is 24.2 Å². The smallest absolute Gasteiger partial charge is 0.129 e. The van der Waals surface area contributed by atoms with E-state index in [1.54, 1.807) is 24.2 Å². The van der Waals surface area contributed by atoms with E-state index >= 15 is 0 Å². The Morgan fingerprint density at radius 3 is 1.07 bits per heavy atom. The van der Waals surface area contributed by atoms with Crippen molar-refractivity contribution in [1.82, 2.24) is 0 Å². The summed E-state index contributed by atoms with van der Waals surface area (Å²) in [5.74, 6) is 0. The van der Waals surface area contributed by atoms with Gasteiger partial charge < -0.3 is 0 Å². The minimum Gasteiger partial charge on any atom is -0.129 e. The Labute approximate surface area is 105 Å². The maximum absolute atomic E-state index is 4.27. The molecule has 0 aromatic heterocycles. The van der Waals surface area contributed by atoms with Crippen LogP contribution in [-0.2, 0) is 0 Å². The molecule has 2 saturated heterocycles.